The summed E-state index contributed by atoms with van der Waals surface area (Å²) < 4.78 is 40.1. The van der Waals surface area contributed by atoms with Crippen LogP contribution in [-0.2, 0) is 17.8 Å². The number of ether oxygens (including phenoxy) is 2. The molecule has 0 atom stereocenters. The average molecular weight is 490 g/mol. The summed E-state index contributed by atoms with van der Waals surface area (Å²) >= 11 is 0. The number of fused-ring (bicyclic) bond motifs is 1. The van der Waals surface area contributed by atoms with Crippen LogP contribution in [0.4, 0.5) is 8.78 Å². The molecule has 0 aliphatic carbocycles. The Hall–Kier alpha value is -3.27. The van der Waals surface area contributed by atoms with Crippen LogP contribution in [0.2, 0.25) is 0 Å². The fraction of sp³-hybridized carbons (Fsp3) is 0.480. The Morgan fingerprint density at radius 2 is 1.97 bits per heavy atom. The van der Waals surface area contributed by atoms with Crippen molar-refractivity contribution in [2.45, 2.75) is 51.2 Å². The Labute approximate surface area is 201 Å². The summed E-state index contributed by atoms with van der Waals surface area (Å²) in [7, 11) is 1.72. The first-order valence-electron chi connectivity index (χ1n) is 11.8. The molecule has 2 aliphatic heterocycles. The van der Waals surface area contributed by atoms with Crippen LogP contribution >= 0.6 is 0 Å². The maximum absolute atomic E-state index is 14.0. The molecule has 8 nitrogen and oxygen atoms in total. The SMILES string of the molecule is CCCCOc1c2n(cc(C(=O)NCc3ccc(F)cc3F)c1=O)CC1(CCOCC1)N(C)C2=O. The third-order valence-electron chi connectivity index (χ3n) is 6.79. The van der Waals surface area contributed by atoms with E-state index in [4.69, 9.17) is 9.47 Å². The molecule has 1 aromatic carbocycles. The fourth-order valence-electron chi connectivity index (χ4n) is 4.58. The predicted molar refractivity (Wildman–Crippen MR) is 124 cm³/mol. The Morgan fingerprint density at radius 3 is 2.66 bits per heavy atom. The van der Waals surface area contributed by atoms with Gasteiger partial charge in [0.15, 0.2) is 11.4 Å². The first kappa shape index (κ1) is 24.8. The van der Waals surface area contributed by atoms with E-state index in [1.54, 1.807) is 16.5 Å². The number of carbonyl (C=O) groups excluding carboxylic acids is 2. The molecule has 1 fully saturated rings. The zero-order chi connectivity index (χ0) is 25.2. The van der Waals surface area contributed by atoms with Gasteiger partial charge in [-0.25, -0.2) is 8.78 Å². The number of likely N-dealkylation sites (N-methyl/N-ethyl adjacent to an activating group) is 1. The third kappa shape index (κ3) is 4.80. The Balaban J connectivity index is 1.70. The molecule has 4 rings (SSSR count). The lowest BCUT2D eigenvalue weighted by molar-refractivity contribution is -0.0268. The van der Waals surface area contributed by atoms with Crippen LogP contribution in [0.5, 0.6) is 5.75 Å². The number of nitrogens with zero attached hydrogens (tertiary/aromatic N) is 2. The highest BCUT2D eigenvalue weighted by atomic mass is 19.1. The molecule has 1 saturated heterocycles. The molecule has 0 radical (unpaired) electrons. The van der Waals surface area contributed by atoms with Crippen molar-refractivity contribution in [1.29, 1.82) is 0 Å². The summed E-state index contributed by atoms with van der Waals surface area (Å²) in [5, 5.41) is 2.52. The fourth-order valence-corrected chi connectivity index (χ4v) is 4.58. The number of halogens is 2. The van der Waals surface area contributed by atoms with E-state index in [0.717, 1.165) is 18.6 Å². The number of unbranched alkanes of at least 4 members (excludes halogenated alkanes) is 1. The minimum absolute atomic E-state index is 0.0789. The maximum Gasteiger partial charge on any atom is 0.274 e. The molecule has 2 aliphatic rings. The summed E-state index contributed by atoms with van der Waals surface area (Å²) in [6, 6.07) is 3.05. The lowest BCUT2D eigenvalue weighted by atomic mass is 9.85. The molecular formula is C25H29F2N3O5. The van der Waals surface area contributed by atoms with Crippen LogP contribution in [0.15, 0.2) is 29.2 Å². The largest absolute Gasteiger partial charge is 0.487 e. The third-order valence-corrected chi connectivity index (χ3v) is 6.79. The van der Waals surface area contributed by atoms with Gasteiger partial charge in [0, 0.05) is 51.2 Å². The van der Waals surface area contributed by atoms with E-state index in [2.05, 4.69) is 5.32 Å². The molecule has 1 N–H and O–H groups in total. The second kappa shape index (κ2) is 10.2. The first-order valence-corrected chi connectivity index (χ1v) is 11.8. The zero-order valence-electron chi connectivity index (χ0n) is 19.9. The number of benzene rings is 1. The number of hydrogen-bond donors (Lipinski definition) is 1. The van der Waals surface area contributed by atoms with Crippen molar-refractivity contribution in [2.24, 2.45) is 0 Å². The lowest BCUT2D eigenvalue weighted by Gasteiger charge is -2.48. The van der Waals surface area contributed by atoms with Gasteiger partial charge in [-0.05, 0) is 25.3 Å². The topological polar surface area (TPSA) is 89.9 Å². The number of nitrogens with one attached hydrogen (secondary N) is 1. The van der Waals surface area contributed by atoms with Gasteiger partial charge >= 0.3 is 0 Å². The van der Waals surface area contributed by atoms with Crippen molar-refractivity contribution in [3.8, 4) is 5.75 Å². The monoisotopic (exact) mass is 489 g/mol. The molecule has 2 aromatic rings. The van der Waals surface area contributed by atoms with Crippen LogP contribution in [0, 0.1) is 11.6 Å². The van der Waals surface area contributed by atoms with Crippen molar-refractivity contribution in [2.75, 3.05) is 26.9 Å². The number of pyridine rings is 1. The number of amides is 2. The number of carbonyl (C=O) groups is 2. The highest BCUT2D eigenvalue weighted by Gasteiger charge is 2.46. The maximum atomic E-state index is 14.0. The molecule has 0 bridgehead atoms. The molecule has 0 saturated carbocycles. The van der Waals surface area contributed by atoms with Gasteiger partial charge in [0.05, 0.1) is 12.1 Å². The summed E-state index contributed by atoms with van der Waals surface area (Å²) in [4.78, 5) is 41.4. The second-order valence-corrected chi connectivity index (χ2v) is 9.00. The Morgan fingerprint density at radius 1 is 1.23 bits per heavy atom. The number of hydrogen-bond acceptors (Lipinski definition) is 5. The molecule has 1 spiro atoms. The summed E-state index contributed by atoms with van der Waals surface area (Å²) in [6.45, 7) is 3.35. The van der Waals surface area contributed by atoms with E-state index >= 15 is 0 Å². The highest BCUT2D eigenvalue weighted by molar-refractivity contribution is 5.99. The van der Waals surface area contributed by atoms with E-state index in [1.807, 2.05) is 6.92 Å². The Kier molecular flexibility index (Phi) is 7.20. The molecule has 1 aromatic heterocycles. The second-order valence-electron chi connectivity index (χ2n) is 9.00. The van der Waals surface area contributed by atoms with Gasteiger partial charge in [-0.15, -0.1) is 0 Å². The predicted octanol–water partition coefficient (Wildman–Crippen LogP) is 2.87. The standard InChI is InChI=1S/C25H29F2N3O5/c1-3-4-9-35-22-20-24(33)29(2)25(7-10-34-11-8-25)15-30(20)14-18(21(22)31)23(32)28-13-16-5-6-17(26)12-19(16)27/h5-6,12,14H,3-4,7-11,13,15H2,1-2H3,(H,28,32). The quantitative estimate of drug-likeness (QED) is 0.605. The van der Waals surface area contributed by atoms with Gasteiger partial charge in [0.25, 0.3) is 11.8 Å². The van der Waals surface area contributed by atoms with E-state index in [9.17, 15) is 23.2 Å². The van der Waals surface area contributed by atoms with Gasteiger partial charge in [0.1, 0.15) is 17.2 Å². The zero-order valence-corrected chi connectivity index (χ0v) is 19.9. The molecule has 2 amide bonds. The van der Waals surface area contributed by atoms with Gasteiger partial charge < -0.3 is 24.3 Å². The molecule has 0 unspecified atom stereocenters. The first-order chi connectivity index (χ1) is 16.8. The minimum atomic E-state index is -0.800. The van der Waals surface area contributed by atoms with Crippen LogP contribution in [0.3, 0.4) is 0 Å². The Bertz CT molecular complexity index is 1190. The van der Waals surface area contributed by atoms with Crippen LogP contribution in [-0.4, -0.2) is 53.7 Å². The van der Waals surface area contributed by atoms with Gasteiger partial charge in [-0.2, -0.15) is 0 Å². The number of aromatic nitrogens is 1. The lowest BCUT2D eigenvalue weighted by Crippen LogP contribution is -2.59. The smallest absolute Gasteiger partial charge is 0.274 e. The molecule has 3 heterocycles. The molecule has 10 heteroatoms. The van der Waals surface area contributed by atoms with E-state index < -0.39 is 28.5 Å². The molecular weight excluding hydrogens is 460 g/mol. The summed E-state index contributed by atoms with van der Waals surface area (Å²) in [6.07, 6.45) is 4.12. The van der Waals surface area contributed by atoms with E-state index in [1.165, 1.54) is 12.3 Å². The minimum Gasteiger partial charge on any atom is -0.487 e. The van der Waals surface area contributed by atoms with Crippen molar-refractivity contribution >= 4 is 11.8 Å². The van der Waals surface area contributed by atoms with Crippen molar-refractivity contribution in [1.82, 2.24) is 14.8 Å². The van der Waals surface area contributed by atoms with Crippen LogP contribution < -0.4 is 15.5 Å². The number of rotatable bonds is 7. The summed E-state index contributed by atoms with van der Waals surface area (Å²) in [5.41, 5.74) is -1.21. The van der Waals surface area contributed by atoms with E-state index in [0.29, 0.717) is 39.0 Å². The van der Waals surface area contributed by atoms with Gasteiger partial charge in [0.2, 0.25) is 5.43 Å². The highest BCUT2D eigenvalue weighted by Crippen LogP contribution is 2.36. The average Bonchev–Trinajstić information content (AvgIpc) is 2.84. The van der Waals surface area contributed by atoms with Gasteiger partial charge in [-0.3, -0.25) is 14.4 Å². The van der Waals surface area contributed by atoms with Crippen molar-refractivity contribution < 1.29 is 27.8 Å². The molecule has 188 valence electrons. The summed E-state index contributed by atoms with van der Waals surface area (Å²) in [5.74, 6) is -2.76. The van der Waals surface area contributed by atoms with Crippen LogP contribution in [0.1, 0.15) is 59.0 Å². The van der Waals surface area contributed by atoms with Crippen LogP contribution in [0.25, 0.3) is 0 Å². The van der Waals surface area contributed by atoms with Crippen molar-refractivity contribution in [3.05, 3.63) is 63.1 Å². The van der Waals surface area contributed by atoms with Crippen molar-refractivity contribution in [3.63, 3.8) is 0 Å². The molecule has 35 heavy (non-hydrogen) atoms. The normalized spacial score (nSPS) is 16.8. The van der Waals surface area contributed by atoms with Gasteiger partial charge in [-0.1, -0.05) is 19.4 Å². The van der Waals surface area contributed by atoms with E-state index in [-0.39, 0.29) is 41.6 Å².